The number of nitrogens with one attached hydrogen (secondary N) is 1. The number of quaternary nitrogens is 1. The highest BCUT2D eigenvalue weighted by atomic mass is 35.5. The van der Waals surface area contributed by atoms with Crippen molar-refractivity contribution in [1.29, 1.82) is 0 Å². The number of allylic oxidation sites excluding steroid dienone is 1. The third kappa shape index (κ3) is 4.07. The first-order valence-corrected chi connectivity index (χ1v) is 11.8. The summed E-state index contributed by atoms with van der Waals surface area (Å²) in [5.74, 6) is 0.467. The molecular weight excluding hydrogens is 463 g/mol. The molecule has 33 heavy (non-hydrogen) atoms. The molecular formula is C24H29Cl2N4O3+. The number of hydrogen-bond acceptors (Lipinski definition) is 5. The van der Waals surface area contributed by atoms with Crippen LogP contribution >= 0.6 is 23.2 Å². The van der Waals surface area contributed by atoms with Crippen LogP contribution in [0.4, 0.5) is 10.6 Å². The molecule has 1 aromatic heterocycles. The van der Waals surface area contributed by atoms with Crippen molar-refractivity contribution >= 4 is 41.0 Å². The number of ether oxygens (including phenoxy) is 1. The highest BCUT2D eigenvalue weighted by Crippen LogP contribution is 2.42. The van der Waals surface area contributed by atoms with Gasteiger partial charge in [-0.15, -0.1) is 0 Å². The second kappa shape index (κ2) is 8.46. The van der Waals surface area contributed by atoms with Crippen LogP contribution in [0.1, 0.15) is 59.1 Å². The van der Waals surface area contributed by atoms with E-state index in [4.69, 9.17) is 27.9 Å². The lowest BCUT2D eigenvalue weighted by Crippen LogP contribution is -2.61. The highest BCUT2D eigenvalue weighted by molar-refractivity contribution is 6.42. The summed E-state index contributed by atoms with van der Waals surface area (Å²) in [4.78, 5) is 28.0. The quantitative estimate of drug-likeness (QED) is 0.526. The molecule has 7 nitrogen and oxygen atoms in total. The number of carbonyl (C=O) groups is 2. The van der Waals surface area contributed by atoms with Crippen LogP contribution in [-0.2, 0) is 9.53 Å². The molecule has 0 spiro atoms. The van der Waals surface area contributed by atoms with Gasteiger partial charge in [0.15, 0.2) is 0 Å². The number of imide groups is 1. The summed E-state index contributed by atoms with van der Waals surface area (Å²) in [7, 11) is 0. The number of anilines is 1. The summed E-state index contributed by atoms with van der Waals surface area (Å²) >= 11 is 12.5. The van der Waals surface area contributed by atoms with Crippen LogP contribution in [0.15, 0.2) is 41.7 Å². The van der Waals surface area contributed by atoms with Crippen molar-refractivity contribution in [3.05, 3.63) is 57.3 Å². The fourth-order valence-corrected chi connectivity index (χ4v) is 5.07. The molecule has 1 N–H and O–H groups in total. The van der Waals surface area contributed by atoms with Crippen LogP contribution in [0.3, 0.4) is 0 Å². The molecule has 2 aliphatic rings. The smallest absolute Gasteiger partial charge is 0.414 e. The Bertz CT molecular complexity index is 1150. The van der Waals surface area contributed by atoms with Crippen LogP contribution in [0.25, 0.3) is 0 Å². The topological polar surface area (TPSA) is 73.2 Å². The Morgan fingerprint density at radius 3 is 2.55 bits per heavy atom. The summed E-state index contributed by atoms with van der Waals surface area (Å²) in [6.45, 7) is 9.62. The molecule has 0 radical (unpaired) electrons. The first kappa shape index (κ1) is 23.8. The van der Waals surface area contributed by atoms with Crippen molar-refractivity contribution in [2.75, 3.05) is 11.9 Å². The van der Waals surface area contributed by atoms with E-state index >= 15 is 0 Å². The number of halogens is 2. The van der Waals surface area contributed by atoms with Gasteiger partial charge in [0, 0.05) is 24.6 Å². The third-order valence-electron chi connectivity index (χ3n) is 6.36. The molecule has 2 aliphatic heterocycles. The van der Waals surface area contributed by atoms with E-state index in [1.807, 2.05) is 46.8 Å². The van der Waals surface area contributed by atoms with Crippen molar-refractivity contribution in [2.24, 2.45) is 0 Å². The van der Waals surface area contributed by atoms with E-state index in [1.54, 1.807) is 23.0 Å². The molecule has 9 heteroatoms. The summed E-state index contributed by atoms with van der Waals surface area (Å²) in [5, 5.41) is 8.56. The molecule has 4 rings (SSSR count). The lowest BCUT2D eigenvalue weighted by molar-refractivity contribution is -0.791. The second-order valence-corrected chi connectivity index (χ2v) is 10.6. The first-order valence-electron chi connectivity index (χ1n) is 11.1. The van der Waals surface area contributed by atoms with Crippen LogP contribution in [0, 0.1) is 0 Å². The van der Waals surface area contributed by atoms with Crippen molar-refractivity contribution in [3.8, 4) is 0 Å². The SMILES string of the molecule is CC1=C(C(=O)[N+]2(C(=O)OC(C)(C)C)CCC[C@H]2C)C(c2ccc(Cl)c(Cl)c2)n2nccc2N1. The number of rotatable bonds is 2. The van der Waals surface area contributed by atoms with Crippen LogP contribution in [0.2, 0.25) is 10.0 Å². The van der Waals surface area contributed by atoms with Crippen LogP contribution in [0.5, 0.6) is 0 Å². The Morgan fingerprint density at radius 1 is 1.21 bits per heavy atom. The lowest BCUT2D eigenvalue weighted by Gasteiger charge is -2.37. The van der Waals surface area contributed by atoms with Gasteiger partial charge < -0.3 is 10.1 Å². The number of benzene rings is 1. The van der Waals surface area contributed by atoms with Gasteiger partial charge in [0.25, 0.3) is 0 Å². The molecule has 1 aromatic carbocycles. The van der Waals surface area contributed by atoms with Crippen LogP contribution < -0.4 is 5.32 Å². The molecule has 1 fully saturated rings. The average molecular weight is 492 g/mol. The van der Waals surface area contributed by atoms with Gasteiger partial charge in [-0.2, -0.15) is 14.4 Å². The van der Waals surface area contributed by atoms with Gasteiger partial charge in [0.2, 0.25) is 0 Å². The Labute approximate surface area is 203 Å². The van der Waals surface area contributed by atoms with Crippen molar-refractivity contribution in [1.82, 2.24) is 9.78 Å². The van der Waals surface area contributed by atoms with E-state index in [1.165, 1.54) is 0 Å². The maximum atomic E-state index is 14.4. The van der Waals surface area contributed by atoms with Gasteiger partial charge in [0.1, 0.15) is 29.1 Å². The lowest BCUT2D eigenvalue weighted by atomic mass is 9.93. The zero-order valence-corrected chi connectivity index (χ0v) is 21.0. The number of amides is 2. The van der Waals surface area contributed by atoms with E-state index < -0.39 is 17.7 Å². The number of nitrogens with zero attached hydrogens (tertiary/aromatic N) is 3. The fraction of sp³-hybridized carbons (Fsp3) is 0.458. The molecule has 3 heterocycles. The number of aromatic nitrogens is 2. The molecule has 2 unspecified atom stereocenters. The van der Waals surface area contributed by atoms with E-state index in [2.05, 4.69) is 10.4 Å². The number of hydrogen-bond donors (Lipinski definition) is 1. The molecule has 0 aliphatic carbocycles. The van der Waals surface area contributed by atoms with Gasteiger partial charge in [-0.3, -0.25) is 0 Å². The zero-order valence-electron chi connectivity index (χ0n) is 19.5. The fourth-order valence-electron chi connectivity index (χ4n) is 4.76. The molecule has 0 bridgehead atoms. The van der Waals surface area contributed by atoms with Crippen LogP contribution in [-0.4, -0.2) is 44.5 Å². The number of likely N-dealkylation sites (tertiary alicyclic amines) is 1. The Morgan fingerprint density at radius 2 is 1.94 bits per heavy atom. The van der Waals surface area contributed by atoms with Gasteiger partial charge in [-0.05, 0) is 52.3 Å². The van der Waals surface area contributed by atoms with Crippen molar-refractivity contribution in [2.45, 2.75) is 65.1 Å². The van der Waals surface area contributed by atoms with Crippen molar-refractivity contribution < 1.29 is 18.8 Å². The summed E-state index contributed by atoms with van der Waals surface area (Å²) in [5.41, 5.74) is 1.18. The van der Waals surface area contributed by atoms with E-state index in [0.29, 0.717) is 27.9 Å². The predicted octanol–water partition coefficient (Wildman–Crippen LogP) is 5.94. The number of carbonyl (C=O) groups excluding carboxylic acids is 2. The van der Waals surface area contributed by atoms with Crippen molar-refractivity contribution in [3.63, 3.8) is 0 Å². The largest absolute Gasteiger partial charge is 0.524 e. The average Bonchev–Trinajstić information content (AvgIpc) is 3.34. The summed E-state index contributed by atoms with van der Waals surface area (Å²) in [6, 6.07) is 6.35. The monoisotopic (exact) mass is 491 g/mol. The minimum absolute atomic E-state index is 0.207. The molecule has 2 aromatic rings. The Kier molecular flexibility index (Phi) is 6.10. The summed E-state index contributed by atoms with van der Waals surface area (Å²) in [6.07, 6.45) is 2.67. The van der Waals surface area contributed by atoms with Gasteiger partial charge >= 0.3 is 12.0 Å². The standard InChI is InChI=1S/C24H28Cl2N4O3/c1-14-7-6-12-30(14,23(32)33-24(3,4)5)22(31)20-15(2)28-19-10-11-27-29(19)21(20)16-8-9-17(25)18(26)13-16/h8-11,13-14,21H,6-7,12H2,1-5H3/p+1/t14-,21?,30?/m1/s1. The summed E-state index contributed by atoms with van der Waals surface area (Å²) < 4.78 is 7.15. The number of fused-ring (bicyclic) bond motifs is 1. The van der Waals surface area contributed by atoms with E-state index in [0.717, 1.165) is 24.2 Å². The Hall–Kier alpha value is -2.35. The van der Waals surface area contributed by atoms with E-state index in [9.17, 15) is 9.59 Å². The van der Waals surface area contributed by atoms with Gasteiger partial charge in [0.05, 0.1) is 22.8 Å². The normalized spacial score (nSPS) is 24.9. The van der Waals surface area contributed by atoms with Gasteiger partial charge in [-0.25, -0.2) is 9.48 Å². The molecule has 1 saturated heterocycles. The zero-order chi connectivity index (χ0) is 24.1. The molecule has 176 valence electrons. The van der Waals surface area contributed by atoms with Gasteiger partial charge in [-0.1, -0.05) is 29.3 Å². The highest BCUT2D eigenvalue weighted by Gasteiger charge is 2.57. The minimum Gasteiger partial charge on any atom is -0.414 e. The predicted molar refractivity (Wildman–Crippen MR) is 128 cm³/mol. The third-order valence-corrected chi connectivity index (χ3v) is 7.10. The molecule has 2 amide bonds. The maximum Gasteiger partial charge on any atom is 0.524 e. The molecule has 0 saturated carbocycles. The van der Waals surface area contributed by atoms with E-state index in [-0.39, 0.29) is 16.4 Å². The Balaban J connectivity index is 1.87. The first-order chi connectivity index (χ1) is 15.5. The molecule has 3 atom stereocenters. The minimum atomic E-state index is -0.711. The second-order valence-electron chi connectivity index (χ2n) is 9.77. The maximum absolute atomic E-state index is 14.4.